The minimum Gasteiger partial charge on any atom is -0.391 e. The van der Waals surface area contributed by atoms with Gasteiger partial charge in [0.1, 0.15) is 12.0 Å². The summed E-state index contributed by atoms with van der Waals surface area (Å²) < 4.78 is 0. The number of likely N-dealkylation sites (N-methyl/N-ethyl adjacent to an activating group) is 1. The lowest BCUT2D eigenvalue weighted by Gasteiger charge is -2.28. The number of aliphatic hydroxyl groups is 1. The first kappa shape index (κ1) is 14.7. The zero-order valence-electron chi connectivity index (χ0n) is 12.0. The predicted molar refractivity (Wildman–Crippen MR) is 75.9 cm³/mol. The fourth-order valence-corrected chi connectivity index (χ4v) is 2.70. The number of hydrogen-bond donors (Lipinski definition) is 1. The van der Waals surface area contributed by atoms with Crippen molar-refractivity contribution in [1.82, 2.24) is 9.88 Å². The Bertz CT molecular complexity index is 506. The first-order valence-corrected chi connectivity index (χ1v) is 6.59. The molecule has 7 nitrogen and oxygen atoms in total. The normalized spacial score (nSPS) is 22.6. The first-order valence-electron chi connectivity index (χ1n) is 6.59. The Morgan fingerprint density at radius 3 is 2.85 bits per heavy atom. The van der Waals surface area contributed by atoms with Gasteiger partial charge in [0.25, 0.3) is 5.69 Å². The van der Waals surface area contributed by atoms with Crippen molar-refractivity contribution in [1.29, 1.82) is 0 Å². The Hall–Kier alpha value is -1.73. The molecule has 20 heavy (non-hydrogen) atoms. The van der Waals surface area contributed by atoms with E-state index in [0.29, 0.717) is 13.0 Å². The highest BCUT2D eigenvalue weighted by molar-refractivity contribution is 5.52. The number of aromatic nitrogens is 1. The number of anilines is 1. The summed E-state index contributed by atoms with van der Waals surface area (Å²) in [4.78, 5) is 18.6. The van der Waals surface area contributed by atoms with E-state index in [1.165, 1.54) is 12.3 Å². The molecule has 110 valence electrons. The molecular formula is C13H20N4O3. The molecule has 1 saturated heterocycles. The van der Waals surface area contributed by atoms with Gasteiger partial charge in [0, 0.05) is 25.2 Å². The molecule has 7 heteroatoms. The lowest BCUT2D eigenvalue weighted by Crippen LogP contribution is -2.38. The average Bonchev–Trinajstić information content (AvgIpc) is 2.68. The maximum absolute atomic E-state index is 10.8. The second-order valence-corrected chi connectivity index (χ2v) is 5.55. The monoisotopic (exact) mass is 280 g/mol. The molecule has 1 aromatic heterocycles. The number of nitro groups is 1. The molecule has 2 heterocycles. The average molecular weight is 280 g/mol. The predicted octanol–water partition coefficient (Wildman–Crippen LogP) is 0.799. The Morgan fingerprint density at radius 2 is 2.30 bits per heavy atom. The molecule has 0 saturated carbocycles. The van der Waals surface area contributed by atoms with Gasteiger partial charge >= 0.3 is 0 Å². The molecule has 2 unspecified atom stereocenters. The fourth-order valence-electron chi connectivity index (χ4n) is 2.70. The van der Waals surface area contributed by atoms with Crippen LogP contribution in [0.5, 0.6) is 0 Å². The maximum atomic E-state index is 10.8. The van der Waals surface area contributed by atoms with Crippen molar-refractivity contribution >= 4 is 11.5 Å². The Morgan fingerprint density at radius 1 is 1.60 bits per heavy atom. The van der Waals surface area contributed by atoms with E-state index in [2.05, 4.69) is 9.88 Å². The summed E-state index contributed by atoms with van der Waals surface area (Å²) in [5.41, 5.74) is 0.757. The minimum absolute atomic E-state index is 0.00449. The Balaban J connectivity index is 2.27. The van der Waals surface area contributed by atoms with E-state index >= 15 is 0 Å². The third-order valence-electron chi connectivity index (χ3n) is 3.49. The zero-order valence-corrected chi connectivity index (χ0v) is 12.0. The van der Waals surface area contributed by atoms with Gasteiger partial charge in [0.2, 0.25) is 0 Å². The fraction of sp³-hybridized carbons (Fsp3) is 0.615. The summed E-state index contributed by atoms with van der Waals surface area (Å²) in [5, 5.41) is 20.6. The van der Waals surface area contributed by atoms with Crippen molar-refractivity contribution in [3.05, 3.63) is 27.9 Å². The number of hydrogen-bond acceptors (Lipinski definition) is 6. The van der Waals surface area contributed by atoms with Gasteiger partial charge in [-0.1, -0.05) is 0 Å². The van der Waals surface area contributed by atoms with Gasteiger partial charge in [-0.05, 0) is 33.0 Å². The van der Waals surface area contributed by atoms with E-state index in [4.69, 9.17) is 0 Å². The van der Waals surface area contributed by atoms with Crippen LogP contribution in [-0.2, 0) is 0 Å². The maximum Gasteiger partial charge on any atom is 0.287 e. The van der Waals surface area contributed by atoms with Crippen LogP contribution in [0.25, 0.3) is 0 Å². The second kappa shape index (κ2) is 5.72. The van der Waals surface area contributed by atoms with Gasteiger partial charge in [-0.15, -0.1) is 0 Å². The highest BCUT2D eigenvalue weighted by Gasteiger charge is 2.33. The third-order valence-corrected chi connectivity index (χ3v) is 3.49. The molecule has 2 rings (SSSR count). The van der Waals surface area contributed by atoms with Crippen molar-refractivity contribution in [2.75, 3.05) is 32.1 Å². The molecule has 0 aliphatic carbocycles. The molecule has 1 N–H and O–H groups in total. The molecule has 0 spiro atoms. The lowest BCUT2D eigenvalue weighted by atomic mass is 10.2. The highest BCUT2D eigenvalue weighted by atomic mass is 16.6. The van der Waals surface area contributed by atoms with Crippen molar-refractivity contribution in [3.8, 4) is 0 Å². The summed E-state index contributed by atoms with van der Waals surface area (Å²) in [6.07, 6.45) is 1.59. The SMILES string of the molecule is Cc1cc([N+](=O)[O-])cnc1N1CC(O)CC1CN(C)C. The highest BCUT2D eigenvalue weighted by Crippen LogP contribution is 2.28. The van der Waals surface area contributed by atoms with E-state index in [1.807, 2.05) is 25.9 Å². The number of nitrogens with zero attached hydrogens (tertiary/aromatic N) is 4. The van der Waals surface area contributed by atoms with E-state index in [1.54, 1.807) is 0 Å². The number of aryl methyl sites for hydroxylation is 1. The molecule has 1 aliphatic rings. The van der Waals surface area contributed by atoms with Crippen molar-refractivity contribution in [2.45, 2.75) is 25.5 Å². The smallest absolute Gasteiger partial charge is 0.287 e. The van der Waals surface area contributed by atoms with Crippen LogP contribution in [0.15, 0.2) is 12.3 Å². The van der Waals surface area contributed by atoms with Crippen LogP contribution in [0.2, 0.25) is 0 Å². The zero-order chi connectivity index (χ0) is 14.9. The van der Waals surface area contributed by atoms with Crippen LogP contribution in [0, 0.1) is 17.0 Å². The molecule has 1 aliphatic heterocycles. The van der Waals surface area contributed by atoms with Crippen molar-refractivity contribution in [2.24, 2.45) is 0 Å². The van der Waals surface area contributed by atoms with Gasteiger partial charge in [-0.2, -0.15) is 0 Å². The first-order chi connectivity index (χ1) is 9.38. The number of β-amino-alcohol motifs (C(OH)–C–C–N with tert-alkyl or cyclic N) is 1. The van der Waals surface area contributed by atoms with Crippen LogP contribution in [0.3, 0.4) is 0 Å². The summed E-state index contributed by atoms with van der Waals surface area (Å²) >= 11 is 0. The molecule has 2 atom stereocenters. The second-order valence-electron chi connectivity index (χ2n) is 5.55. The van der Waals surface area contributed by atoms with Crippen molar-refractivity contribution < 1.29 is 10.0 Å². The van der Waals surface area contributed by atoms with E-state index in [0.717, 1.165) is 17.9 Å². The molecular weight excluding hydrogens is 260 g/mol. The third kappa shape index (κ3) is 3.05. The quantitative estimate of drug-likeness (QED) is 0.649. The van der Waals surface area contributed by atoms with Crippen LogP contribution in [0.4, 0.5) is 11.5 Å². The van der Waals surface area contributed by atoms with Gasteiger partial charge in [-0.3, -0.25) is 10.1 Å². The van der Waals surface area contributed by atoms with Crippen LogP contribution < -0.4 is 4.90 Å². The number of aliphatic hydroxyl groups excluding tert-OH is 1. The Kier molecular flexibility index (Phi) is 4.20. The van der Waals surface area contributed by atoms with Crippen molar-refractivity contribution in [3.63, 3.8) is 0 Å². The number of rotatable bonds is 4. The molecule has 0 bridgehead atoms. The summed E-state index contributed by atoms with van der Waals surface area (Å²) in [6.45, 7) is 3.14. The van der Waals surface area contributed by atoms with Gasteiger partial charge in [0.05, 0.1) is 11.0 Å². The molecule has 0 amide bonds. The van der Waals surface area contributed by atoms with Crippen LogP contribution in [-0.4, -0.2) is 59.2 Å². The molecule has 1 fully saturated rings. The van der Waals surface area contributed by atoms with Crippen LogP contribution >= 0.6 is 0 Å². The standard InChI is InChI=1S/C13H20N4O3/c1-9-4-10(17(19)20)6-14-13(9)16-8-12(18)5-11(16)7-15(2)3/h4,6,11-12,18H,5,7-8H2,1-3H3. The largest absolute Gasteiger partial charge is 0.391 e. The molecule has 0 aromatic carbocycles. The van der Waals surface area contributed by atoms with E-state index in [9.17, 15) is 15.2 Å². The summed E-state index contributed by atoms with van der Waals surface area (Å²) in [5.74, 6) is 0.721. The summed E-state index contributed by atoms with van der Waals surface area (Å²) in [7, 11) is 3.97. The Labute approximate surface area is 118 Å². The van der Waals surface area contributed by atoms with E-state index in [-0.39, 0.29) is 17.8 Å². The van der Waals surface area contributed by atoms with E-state index < -0.39 is 4.92 Å². The van der Waals surface area contributed by atoms with Gasteiger partial charge in [-0.25, -0.2) is 4.98 Å². The molecule has 0 radical (unpaired) electrons. The summed E-state index contributed by atoms with van der Waals surface area (Å²) in [6, 6.07) is 1.70. The topological polar surface area (TPSA) is 82.7 Å². The van der Waals surface area contributed by atoms with Gasteiger partial charge < -0.3 is 14.9 Å². The van der Waals surface area contributed by atoms with Gasteiger partial charge in [0.15, 0.2) is 0 Å². The molecule has 1 aromatic rings. The van der Waals surface area contributed by atoms with Crippen LogP contribution in [0.1, 0.15) is 12.0 Å². The number of pyridine rings is 1. The lowest BCUT2D eigenvalue weighted by molar-refractivity contribution is -0.385. The minimum atomic E-state index is -0.445.